The zero-order valence-corrected chi connectivity index (χ0v) is 15.5. The van der Waals surface area contributed by atoms with Gasteiger partial charge in [-0.05, 0) is 48.4 Å². The molecule has 0 amide bonds. The van der Waals surface area contributed by atoms with E-state index in [4.69, 9.17) is 4.74 Å². The van der Waals surface area contributed by atoms with Crippen LogP contribution in [0.15, 0.2) is 52.5 Å². The largest absolute Gasteiger partial charge is 0.493 e. The summed E-state index contributed by atoms with van der Waals surface area (Å²) >= 11 is 0. The number of sulfone groups is 1. The monoisotopic (exact) mass is 381 g/mol. The Morgan fingerprint density at radius 2 is 2.07 bits per heavy atom. The van der Waals surface area contributed by atoms with E-state index in [9.17, 15) is 8.42 Å². The lowest BCUT2D eigenvalue weighted by molar-refractivity contribution is 0.356. The number of hydrogen-bond acceptors (Lipinski definition) is 5. The van der Waals surface area contributed by atoms with Crippen LogP contribution in [0.5, 0.6) is 5.75 Å². The molecule has 138 valence electrons. The van der Waals surface area contributed by atoms with Crippen LogP contribution in [0.25, 0.3) is 16.6 Å². The van der Waals surface area contributed by atoms with E-state index in [0.29, 0.717) is 17.6 Å². The summed E-state index contributed by atoms with van der Waals surface area (Å²) < 4.78 is 32.1. The van der Waals surface area contributed by atoms with Gasteiger partial charge in [-0.15, -0.1) is 0 Å². The molecule has 0 fully saturated rings. The fraction of sp³-hybridized carbons (Fsp3) is 0.250. The highest BCUT2D eigenvalue weighted by Gasteiger charge is 2.25. The van der Waals surface area contributed by atoms with Crippen LogP contribution >= 0.6 is 0 Å². The van der Waals surface area contributed by atoms with E-state index in [1.807, 2.05) is 6.20 Å². The molecule has 7 heteroatoms. The van der Waals surface area contributed by atoms with E-state index in [-0.39, 0.29) is 9.79 Å². The molecule has 27 heavy (non-hydrogen) atoms. The fourth-order valence-electron chi connectivity index (χ4n) is 3.79. The van der Waals surface area contributed by atoms with Gasteiger partial charge in [-0.2, -0.15) is 0 Å². The van der Waals surface area contributed by atoms with Gasteiger partial charge in [-0.1, -0.05) is 6.08 Å². The van der Waals surface area contributed by atoms with Crippen molar-refractivity contribution in [2.24, 2.45) is 0 Å². The van der Waals surface area contributed by atoms with Crippen LogP contribution in [0.4, 0.5) is 0 Å². The normalized spacial score (nSPS) is 16.8. The average Bonchev–Trinajstić information content (AvgIpc) is 3.34. The van der Waals surface area contributed by atoms with Crippen LogP contribution < -0.4 is 10.1 Å². The third-order valence-electron chi connectivity index (χ3n) is 5.20. The highest BCUT2D eigenvalue weighted by atomic mass is 32.2. The van der Waals surface area contributed by atoms with E-state index >= 15 is 0 Å². The molecule has 2 N–H and O–H groups in total. The van der Waals surface area contributed by atoms with Crippen molar-refractivity contribution in [1.29, 1.82) is 0 Å². The van der Waals surface area contributed by atoms with Crippen LogP contribution in [0.1, 0.15) is 17.5 Å². The predicted octanol–water partition coefficient (Wildman–Crippen LogP) is 2.71. The molecule has 1 aromatic carbocycles. The zero-order valence-electron chi connectivity index (χ0n) is 14.7. The van der Waals surface area contributed by atoms with Gasteiger partial charge in [0.15, 0.2) is 0 Å². The number of nitrogens with one attached hydrogen (secondary N) is 2. The molecule has 4 heterocycles. The van der Waals surface area contributed by atoms with Crippen LogP contribution in [-0.2, 0) is 16.3 Å². The number of aromatic amines is 1. The first-order valence-electron chi connectivity index (χ1n) is 9.01. The van der Waals surface area contributed by atoms with Crippen molar-refractivity contribution in [1.82, 2.24) is 15.3 Å². The molecule has 0 saturated heterocycles. The van der Waals surface area contributed by atoms with Gasteiger partial charge in [0.2, 0.25) is 9.84 Å². The molecule has 0 atom stereocenters. The molecule has 0 unspecified atom stereocenters. The maximum absolute atomic E-state index is 13.3. The lowest BCUT2D eigenvalue weighted by atomic mass is 10.0. The van der Waals surface area contributed by atoms with E-state index in [2.05, 4.69) is 21.4 Å². The molecule has 6 nitrogen and oxygen atoms in total. The number of benzene rings is 1. The van der Waals surface area contributed by atoms with Crippen molar-refractivity contribution in [3.63, 3.8) is 0 Å². The lowest BCUT2D eigenvalue weighted by Crippen LogP contribution is -2.19. The second-order valence-electron chi connectivity index (χ2n) is 6.79. The molecule has 0 spiro atoms. The Morgan fingerprint density at radius 3 is 2.93 bits per heavy atom. The summed E-state index contributed by atoms with van der Waals surface area (Å²) in [7, 11) is -3.66. The van der Waals surface area contributed by atoms with Gasteiger partial charge in [-0.3, -0.25) is 4.98 Å². The van der Waals surface area contributed by atoms with Crippen molar-refractivity contribution in [2.45, 2.75) is 22.6 Å². The Morgan fingerprint density at radius 1 is 1.15 bits per heavy atom. The van der Waals surface area contributed by atoms with Crippen LogP contribution in [0.2, 0.25) is 0 Å². The van der Waals surface area contributed by atoms with E-state index in [1.54, 1.807) is 30.5 Å². The highest BCUT2D eigenvalue weighted by molar-refractivity contribution is 7.91. The van der Waals surface area contributed by atoms with E-state index in [1.165, 1.54) is 5.57 Å². The van der Waals surface area contributed by atoms with Crippen molar-refractivity contribution in [3.05, 3.63) is 53.9 Å². The Hall–Kier alpha value is -2.64. The highest BCUT2D eigenvalue weighted by Crippen LogP contribution is 2.34. The minimum Gasteiger partial charge on any atom is -0.493 e. The Kier molecular flexibility index (Phi) is 3.80. The minimum atomic E-state index is -3.66. The summed E-state index contributed by atoms with van der Waals surface area (Å²) in [5, 5.41) is 3.29. The first kappa shape index (κ1) is 16.5. The predicted molar refractivity (Wildman–Crippen MR) is 103 cm³/mol. The van der Waals surface area contributed by atoms with E-state index < -0.39 is 9.84 Å². The van der Waals surface area contributed by atoms with Crippen molar-refractivity contribution in [3.8, 4) is 5.75 Å². The molecule has 0 saturated carbocycles. The first-order chi connectivity index (χ1) is 13.1. The molecule has 3 aromatic rings. The summed E-state index contributed by atoms with van der Waals surface area (Å²) in [6.07, 6.45) is 7.21. The van der Waals surface area contributed by atoms with Crippen LogP contribution in [0.3, 0.4) is 0 Å². The fourth-order valence-corrected chi connectivity index (χ4v) is 5.26. The number of fused-ring (bicyclic) bond motifs is 2. The smallest absolute Gasteiger partial charge is 0.208 e. The maximum Gasteiger partial charge on any atom is 0.208 e. The number of nitrogens with zero attached hydrogens (tertiary/aromatic N) is 1. The first-order valence-corrected chi connectivity index (χ1v) is 10.5. The van der Waals surface area contributed by atoms with Crippen LogP contribution in [-0.4, -0.2) is 38.1 Å². The average molecular weight is 381 g/mol. The summed E-state index contributed by atoms with van der Waals surface area (Å²) in [6.45, 7) is 2.33. The quantitative estimate of drug-likeness (QED) is 0.729. The van der Waals surface area contributed by atoms with Gasteiger partial charge in [-0.25, -0.2) is 8.42 Å². The molecule has 2 aliphatic heterocycles. The Balaban J connectivity index is 1.64. The van der Waals surface area contributed by atoms with Crippen molar-refractivity contribution in [2.75, 3.05) is 19.7 Å². The second kappa shape index (κ2) is 6.21. The summed E-state index contributed by atoms with van der Waals surface area (Å²) in [4.78, 5) is 8.16. The second-order valence-corrected chi connectivity index (χ2v) is 8.71. The molecule has 5 rings (SSSR count). The number of rotatable bonds is 3. The summed E-state index contributed by atoms with van der Waals surface area (Å²) in [5.41, 5.74) is 4.37. The molecular weight excluding hydrogens is 362 g/mol. The van der Waals surface area contributed by atoms with Crippen LogP contribution in [0, 0.1) is 0 Å². The number of ether oxygens (including phenoxy) is 1. The zero-order chi connectivity index (χ0) is 18.4. The Labute approximate surface area is 157 Å². The molecule has 0 aliphatic carbocycles. The van der Waals surface area contributed by atoms with Crippen molar-refractivity contribution >= 4 is 26.4 Å². The van der Waals surface area contributed by atoms with Crippen molar-refractivity contribution < 1.29 is 13.2 Å². The number of H-pyrrole nitrogens is 1. The molecule has 2 aromatic heterocycles. The van der Waals surface area contributed by atoms with Gasteiger partial charge in [0, 0.05) is 30.9 Å². The third-order valence-corrected chi connectivity index (χ3v) is 6.99. The van der Waals surface area contributed by atoms with Gasteiger partial charge >= 0.3 is 0 Å². The van der Waals surface area contributed by atoms with E-state index in [0.717, 1.165) is 42.8 Å². The standard InChI is InChI=1S/C20H19N3O3S/c24-27(25,15-1-2-17-14(11-15)6-10-26-17)18-5-9-22-19-16(12-23-20(18)19)13-3-7-21-8-4-13/h1-3,5,9,11-12,21,23H,4,6-8,10H2. The SMILES string of the molecule is O=S(=O)(c1ccc2c(c1)CCO2)c1ccnc2c(C3=CCNCC3)c[nH]c12. The number of hydrogen-bond donors (Lipinski definition) is 2. The molecular formula is C20H19N3O3S. The molecule has 0 bridgehead atoms. The minimum absolute atomic E-state index is 0.257. The molecule has 2 aliphatic rings. The van der Waals surface area contributed by atoms with Gasteiger partial charge in [0.05, 0.1) is 27.4 Å². The van der Waals surface area contributed by atoms with Gasteiger partial charge in [0.1, 0.15) is 5.75 Å². The lowest BCUT2D eigenvalue weighted by Gasteiger charge is -2.13. The molecule has 0 radical (unpaired) electrons. The summed E-state index contributed by atoms with van der Waals surface area (Å²) in [6, 6.07) is 6.65. The van der Waals surface area contributed by atoms with Gasteiger partial charge < -0.3 is 15.0 Å². The number of pyridine rings is 1. The summed E-state index contributed by atoms with van der Waals surface area (Å²) in [5.74, 6) is 0.772. The Bertz CT molecular complexity index is 1180. The van der Waals surface area contributed by atoms with Gasteiger partial charge in [0.25, 0.3) is 0 Å². The number of aromatic nitrogens is 2. The topological polar surface area (TPSA) is 84.1 Å². The third kappa shape index (κ3) is 2.65. The maximum atomic E-state index is 13.3.